The second kappa shape index (κ2) is 5.95. The molecule has 0 aliphatic heterocycles. The van der Waals surface area contributed by atoms with Gasteiger partial charge in [-0.25, -0.2) is 0 Å². The van der Waals surface area contributed by atoms with Gasteiger partial charge >= 0.3 is 0 Å². The van der Waals surface area contributed by atoms with Gasteiger partial charge in [0, 0.05) is 13.7 Å². The van der Waals surface area contributed by atoms with Crippen LogP contribution in [0.5, 0.6) is 0 Å². The molecule has 1 aromatic carbocycles. The predicted molar refractivity (Wildman–Crippen MR) is 62.6 cm³/mol. The molecule has 0 spiro atoms. The summed E-state index contributed by atoms with van der Waals surface area (Å²) in [5.41, 5.74) is 1.97. The molecule has 4 heteroatoms. The van der Waals surface area contributed by atoms with Gasteiger partial charge in [0.15, 0.2) is 0 Å². The lowest BCUT2D eigenvalue weighted by atomic mass is 10.2. The Morgan fingerprint density at radius 1 is 1.53 bits per heavy atom. The van der Waals surface area contributed by atoms with Crippen molar-refractivity contribution in [3.8, 4) is 0 Å². The van der Waals surface area contributed by atoms with Crippen molar-refractivity contribution in [2.45, 2.75) is 13.0 Å². The number of aryl methyl sites for hydroxylation is 1. The molecule has 84 valence electrons. The van der Waals surface area contributed by atoms with E-state index in [1.165, 1.54) is 0 Å². The summed E-state index contributed by atoms with van der Waals surface area (Å²) in [5.74, 6) is 0. The minimum Gasteiger partial charge on any atom is -0.389 e. The SMILES string of the molecule is COCC(O)CNc1cc(C)ccc1Cl. The van der Waals surface area contributed by atoms with Gasteiger partial charge in [-0.3, -0.25) is 0 Å². The van der Waals surface area contributed by atoms with Crippen LogP contribution in [0.2, 0.25) is 5.02 Å². The zero-order chi connectivity index (χ0) is 11.3. The summed E-state index contributed by atoms with van der Waals surface area (Å²) >= 11 is 5.98. The number of hydrogen-bond acceptors (Lipinski definition) is 3. The van der Waals surface area contributed by atoms with E-state index >= 15 is 0 Å². The van der Waals surface area contributed by atoms with Crippen LogP contribution in [0.4, 0.5) is 5.69 Å². The molecule has 1 unspecified atom stereocenters. The first-order chi connectivity index (χ1) is 7.13. The van der Waals surface area contributed by atoms with Crippen molar-refractivity contribution >= 4 is 17.3 Å². The summed E-state index contributed by atoms with van der Waals surface area (Å²) in [6, 6.07) is 5.73. The average Bonchev–Trinajstić information content (AvgIpc) is 2.20. The van der Waals surface area contributed by atoms with Crippen LogP contribution < -0.4 is 5.32 Å². The first-order valence-electron chi connectivity index (χ1n) is 4.80. The highest BCUT2D eigenvalue weighted by atomic mass is 35.5. The first kappa shape index (κ1) is 12.3. The van der Waals surface area contributed by atoms with Crippen LogP contribution in [0.3, 0.4) is 0 Å². The quantitative estimate of drug-likeness (QED) is 0.812. The van der Waals surface area contributed by atoms with Gasteiger partial charge in [0.1, 0.15) is 0 Å². The van der Waals surface area contributed by atoms with Gasteiger partial charge < -0.3 is 15.2 Å². The number of rotatable bonds is 5. The Morgan fingerprint density at radius 3 is 2.93 bits per heavy atom. The highest BCUT2D eigenvalue weighted by Crippen LogP contribution is 2.22. The molecular formula is C11H16ClNO2. The van der Waals surface area contributed by atoms with Gasteiger partial charge in [0.2, 0.25) is 0 Å². The second-order valence-electron chi connectivity index (χ2n) is 3.47. The highest BCUT2D eigenvalue weighted by molar-refractivity contribution is 6.33. The van der Waals surface area contributed by atoms with Crippen LogP contribution in [0.25, 0.3) is 0 Å². The maximum Gasteiger partial charge on any atom is 0.0945 e. The minimum absolute atomic E-state index is 0.316. The fourth-order valence-corrected chi connectivity index (χ4v) is 1.44. The van der Waals surface area contributed by atoms with Crippen molar-refractivity contribution in [3.63, 3.8) is 0 Å². The number of methoxy groups -OCH3 is 1. The summed E-state index contributed by atoms with van der Waals surface area (Å²) in [7, 11) is 1.56. The number of benzene rings is 1. The molecule has 2 N–H and O–H groups in total. The van der Waals surface area contributed by atoms with Crippen LogP contribution in [0.15, 0.2) is 18.2 Å². The number of anilines is 1. The molecule has 0 aromatic heterocycles. The standard InChI is InChI=1S/C11H16ClNO2/c1-8-3-4-10(12)11(5-8)13-6-9(14)7-15-2/h3-5,9,13-14H,6-7H2,1-2H3. The molecule has 0 saturated heterocycles. The van der Waals surface area contributed by atoms with E-state index in [9.17, 15) is 5.11 Å². The van der Waals surface area contributed by atoms with Gasteiger partial charge in [-0.05, 0) is 24.6 Å². The molecule has 0 saturated carbocycles. The summed E-state index contributed by atoms with van der Waals surface area (Å²) in [4.78, 5) is 0. The van der Waals surface area contributed by atoms with Crippen LogP contribution in [0.1, 0.15) is 5.56 Å². The van der Waals surface area contributed by atoms with Gasteiger partial charge in [0.05, 0.1) is 23.4 Å². The molecule has 3 nitrogen and oxygen atoms in total. The minimum atomic E-state index is -0.522. The number of nitrogens with one attached hydrogen (secondary N) is 1. The Morgan fingerprint density at radius 2 is 2.27 bits per heavy atom. The maximum absolute atomic E-state index is 9.44. The lowest BCUT2D eigenvalue weighted by molar-refractivity contribution is 0.0727. The van der Waals surface area contributed by atoms with E-state index < -0.39 is 6.10 Å². The zero-order valence-corrected chi connectivity index (χ0v) is 9.71. The maximum atomic E-state index is 9.44. The Balaban J connectivity index is 2.53. The summed E-state index contributed by atoms with van der Waals surface area (Å²) in [6.07, 6.45) is -0.522. The van der Waals surface area contributed by atoms with Gasteiger partial charge in [-0.1, -0.05) is 17.7 Å². The van der Waals surface area contributed by atoms with E-state index in [2.05, 4.69) is 5.32 Å². The third-order valence-corrected chi connectivity index (χ3v) is 2.34. The number of ether oxygens (including phenoxy) is 1. The van der Waals surface area contributed by atoms with Gasteiger partial charge in [-0.15, -0.1) is 0 Å². The van der Waals surface area contributed by atoms with E-state index in [4.69, 9.17) is 16.3 Å². The van der Waals surface area contributed by atoms with E-state index in [-0.39, 0.29) is 0 Å². The molecule has 1 atom stereocenters. The van der Waals surface area contributed by atoms with E-state index in [0.717, 1.165) is 11.3 Å². The van der Waals surface area contributed by atoms with E-state index in [1.807, 2.05) is 25.1 Å². The van der Waals surface area contributed by atoms with Crippen molar-refractivity contribution in [1.29, 1.82) is 0 Å². The van der Waals surface area contributed by atoms with Crippen LogP contribution in [-0.2, 0) is 4.74 Å². The van der Waals surface area contributed by atoms with Crippen molar-refractivity contribution in [2.75, 3.05) is 25.6 Å². The molecule has 15 heavy (non-hydrogen) atoms. The number of hydrogen-bond donors (Lipinski definition) is 2. The smallest absolute Gasteiger partial charge is 0.0945 e. The molecular weight excluding hydrogens is 214 g/mol. The molecule has 1 rings (SSSR count). The Kier molecular flexibility index (Phi) is 4.88. The zero-order valence-electron chi connectivity index (χ0n) is 8.96. The van der Waals surface area contributed by atoms with Gasteiger partial charge in [-0.2, -0.15) is 0 Å². The molecule has 0 aliphatic carbocycles. The van der Waals surface area contributed by atoms with Crippen molar-refractivity contribution in [2.24, 2.45) is 0 Å². The van der Waals surface area contributed by atoms with Crippen LogP contribution in [-0.4, -0.2) is 31.5 Å². The predicted octanol–water partition coefficient (Wildman–Crippen LogP) is 2.07. The fourth-order valence-electron chi connectivity index (χ4n) is 1.25. The van der Waals surface area contributed by atoms with Crippen molar-refractivity contribution in [3.05, 3.63) is 28.8 Å². The Bertz CT molecular complexity index is 317. The third kappa shape index (κ3) is 4.08. The Labute approximate surface area is 95.0 Å². The normalized spacial score (nSPS) is 12.5. The molecule has 0 heterocycles. The average molecular weight is 230 g/mol. The fraction of sp³-hybridized carbons (Fsp3) is 0.455. The van der Waals surface area contributed by atoms with Crippen LogP contribution >= 0.6 is 11.6 Å². The van der Waals surface area contributed by atoms with Gasteiger partial charge in [0.25, 0.3) is 0 Å². The number of aliphatic hydroxyl groups excluding tert-OH is 1. The largest absolute Gasteiger partial charge is 0.389 e. The van der Waals surface area contributed by atoms with Crippen molar-refractivity contribution in [1.82, 2.24) is 0 Å². The molecule has 0 bridgehead atoms. The summed E-state index contributed by atoms with van der Waals surface area (Å²) in [5, 5.41) is 13.2. The number of aliphatic hydroxyl groups is 1. The molecule has 0 aliphatic rings. The monoisotopic (exact) mass is 229 g/mol. The summed E-state index contributed by atoms with van der Waals surface area (Å²) < 4.78 is 4.82. The topological polar surface area (TPSA) is 41.5 Å². The first-order valence-corrected chi connectivity index (χ1v) is 5.18. The lowest BCUT2D eigenvalue weighted by Crippen LogP contribution is -2.24. The van der Waals surface area contributed by atoms with E-state index in [0.29, 0.717) is 18.2 Å². The van der Waals surface area contributed by atoms with E-state index in [1.54, 1.807) is 7.11 Å². The van der Waals surface area contributed by atoms with Crippen LogP contribution in [0, 0.1) is 6.92 Å². The van der Waals surface area contributed by atoms with Crippen molar-refractivity contribution < 1.29 is 9.84 Å². The Hall–Kier alpha value is -0.770. The summed E-state index contributed by atoms with van der Waals surface area (Å²) in [6.45, 7) is 2.74. The molecule has 1 aromatic rings. The second-order valence-corrected chi connectivity index (χ2v) is 3.88. The molecule has 0 radical (unpaired) electrons. The lowest BCUT2D eigenvalue weighted by Gasteiger charge is -2.13. The molecule has 0 fully saturated rings. The highest BCUT2D eigenvalue weighted by Gasteiger charge is 2.05. The molecule has 0 amide bonds. The third-order valence-electron chi connectivity index (χ3n) is 2.01. The number of halogens is 1.